The van der Waals surface area contributed by atoms with Crippen LogP contribution in [0.5, 0.6) is 11.5 Å². The molecule has 236 valence electrons. The minimum atomic E-state index is -1.14. The third-order valence-electron chi connectivity index (χ3n) is 8.59. The molecule has 0 heterocycles. The number of rotatable bonds is 14. The third kappa shape index (κ3) is 8.30. The smallest absolute Gasteiger partial charge is 0.335 e. The molecule has 0 bridgehead atoms. The van der Waals surface area contributed by atoms with E-state index >= 15 is 0 Å². The Hall–Kier alpha value is -5.17. The molecule has 7 heteroatoms. The van der Waals surface area contributed by atoms with Gasteiger partial charge in [-0.3, -0.25) is 9.59 Å². The summed E-state index contributed by atoms with van der Waals surface area (Å²) < 4.78 is 12.0. The highest BCUT2D eigenvalue weighted by molar-refractivity contribution is 6.11. The van der Waals surface area contributed by atoms with Gasteiger partial charge >= 0.3 is 11.9 Å². The maximum Gasteiger partial charge on any atom is 0.335 e. The first-order chi connectivity index (χ1) is 22.3. The fourth-order valence-corrected chi connectivity index (χ4v) is 5.81. The SMILES string of the molecule is C=C(C(=O)c1cc(C(=O)O)ccc1OCCCc1ccc(OCc2ccc(-c3ccccc3)cc2)cc1)C1CCC(C(=O)O)CC1. The molecule has 5 rings (SSSR count). The molecule has 2 N–H and O–H groups in total. The Labute approximate surface area is 269 Å². The molecule has 46 heavy (non-hydrogen) atoms. The summed E-state index contributed by atoms with van der Waals surface area (Å²) in [6.07, 6.45) is 3.52. The average molecular weight is 619 g/mol. The number of ketones is 1. The van der Waals surface area contributed by atoms with Crippen LogP contribution in [-0.4, -0.2) is 34.5 Å². The molecule has 1 saturated carbocycles. The molecule has 4 aromatic rings. The molecular formula is C39H38O7. The minimum Gasteiger partial charge on any atom is -0.493 e. The monoisotopic (exact) mass is 618 g/mol. The largest absolute Gasteiger partial charge is 0.493 e. The second-order valence-electron chi connectivity index (χ2n) is 11.7. The van der Waals surface area contributed by atoms with Crippen LogP contribution >= 0.6 is 0 Å². The molecular weight excluding hydrogens is 580 g/mol. The van der Waals surface area contributed by atoms with Crippen LogP contribution in [0.3, 0.4) is 0 Å². The number of carboxylic acid groups (broad SMARTS) is 2. The van der Waals surface area contributed by atoms with Gasteiger partial charge in [-0.1, -0.05) is 73.3 Å². The van der Waals surface area contributed by atoms with Crippen LogP contribution in [0.15, 0.2) is 109 Å². The van der Waals surface area contributed by atoms with E-state index in [0.717, 1.165) is 23.3 Å². The van der Waals surface area contributed by atoms with Crippen molar-refractivity contribution in [1.29, 1.82) is 0 Å². The van der Waals surface area contributed by atoms with E-state index in [1.165, 1.54) is 29.3 Å². The fourth-order valence-electron chi connectivity index (χ4n) is 5.81. The molecule has 0 atom stereocenters. The molecule has 1 aliphatic rings. The Kier molecular flexibility index (Phi) is 10.7. The lowest BCUT2D eigenvalue weighted by Gasteiger charge is -2.27. The first kappa shape index (κ1) is 32.2. The van der Waals surface area contributed by atoms with Gasteiger partial charge in [0, 0.05) is 0 Å². The van der Waals surface area contributed by atoms with Gasteiger partial charge in [0.05, 0.1) is 23.7 Å². The summed E-state index contributed by atoms with van der Waals surface area (Å²) in [5, 5.41) is 18.8. The first-order valence-electron chi connectivity index (χ1n) is 15.6. The summed E-state index contributed by atoms with van der Waals surface area (Å²) in [5.74, 6) is -1.76. The number of hydrogen-bond donors (Lipinski definition) is 2. The number of carbonyl (C=O) groups excluding carboxylic acids is 1. The standard InChI is InChI=1S/C39H38O7/c1-26(29-15-17-32(18-16-29)38(41)42)37(40)35-24-33(39(43)44)19-22-36(35)45-23-5-6-27-11-20-34(21-12-27)46-25-28-9-13-31(14-10-28)30-7-3-2-4-8-30/h2-4,7-14,19-22,24,29,32H,1,5-6,15-18,23,25H2,(H,41,42)(H,43,44). The van der Waals surface area contributed by atoms with Crippen molar-refractivity contribution < 1.29 is 34.1 Å². The van der Waals surface area contributed by atoms with E-state index in [2.05, 4.69) is 43.0 Å². The molecule has 0 saturated heterocycles. The second-order valence-corrected chi connectivity index (χ2v) is 11.7. The van der Waals surface area contributed by atoms with Crippen LogP contribution in [0, 0.1) is 11.8 Å². The maximum absolute atomic E-state index is 13.5. The Balaban J connectivity index is 1.12. The normalized spacial score (nSPS) is 15.9. The lowest BCUT2D eigenvalue weighted by molar-refractivity contribution is -0.142. The quantitative estimate of drug-likeness (QED) is 0.0831. The number of benzene rings is 4. The van der Waals surface area contributed by atoms with E-state index in [1.54, 1.807) is 0 Å². The van der Waals surface area contributed by atoms with Crippen molar-refractivity contribution in [3.63, 3.8) is 0 Å². The maximum atomic E-state index is 13.5. The molecule has 4 aromatic carbocycles. The zero-order valence-corrected chi connectivity index (χ0v) is 25.7. The Morgan fingerprint density at radius 2 is 1.35 bits per heavy atom. The molecule has 0 aromatic heterocycles. The third-order valence-corrected chi connectivity index (χ3v) is 8.59. The molecule has 1 aliphatic carbocycles. The fraction of sp³-hybridized carbons (Fsp3) is 0.256. The highest BCUT2D eigenvalue weighted by atomic mass is 16.5. The highest BCUT2D eigenvalue weighted by Crippen LogP contribution is 2.35. The Bertz CT molecular complexity index is 1670. The van der Waals surface area contributed by atoms with Crippen molar-refractivity contribution in [2.24, 2.45) is 11.8 Å². The number of aliphatic carboxylic acids is 1. The predicted octanol–water partition coefficient (Wildman–Crippen LogP) is 8.27. The lowest BCUT2D eigenvalue weighted by Crippen LogP contribution is -2.24. The molecule has 0 amide bonds. The van der Waals surface area contributed by atoms with Crippen molar-refractivity contribution >= 4 is 17.7 Å². The van der Waals surface area contributed by atoms with E-state index in [0.29, 0.717) is 56.6 Å². The molecule has 0 aliphatic heterocycles. The van der Waals surface area contributed by atoms with E-state index in [-0.39, 0.29) is 22.8 Å². The van der Waals surface area contributed by atoms with Crippen LogP contribution < -0.4 is 9.47 Å². The van der Waals surface area contributed by atoms with Gasteiger partial charge in [-0.25, -0.2) is 4.79 Å². The van der Waals surface area contributed by atoms with Crippen LogP contribution in [-0.2, 0) is 17.8 Å². The van der Waals surface area contributed by atoms with Crippen LogP contribution in [0.25, 0.3) is 11.1 Å². The van der Waals surface area contributed by atoms with E-state index in [1.807, 2.05) is 42.5 Å². The van der Waals surface area contributed by atoms with E-state index < -0.39 is 17.9 Å². The van der Waals surface area contributed by atoms with Gasteiger partial charge in [0.15, 0.2) is 5.78 Å². The van der Waals surface area contributed by atoms with Crippen molar-refractivity contribution in [2.45, 2.75) is 45.1 Å². The van der Waals surface area contributed by atoms with Gasteiger partial charge in [0.2, 0.25) is 0 Å². The van der Waals surface area contributed by atoms with Crippen LogP contribution in [0.1, 0.15) is 63.9 Å². The lowest BCUT2D eigenvalue weighted by atomic mass is 9.77. The second kappa shape index (κ2) is 15.2. The van der Waals surface area contributed by atoms with Crippen LogP contribution in [0.2, 0.25) is 0 Å². The average Bonchev–Trinajstić information content (AvgIpc) is 3.09. The van der Waals surface area contributed by atoms with Gasteiger partial charge in [0.1, 0.15) is 18.1 Å². The highest BCUT2D eigenvalue weighted by Gasteiger charge is 2.30. The Morgan fingerprint density at radius 3 is 2.00 bits per heavy atom. The van der Waals surface area contributed by atoms with Gasteiger partial charge in [0.25, 0.3) is 0 Å². The van der Waals surface area contributed by atoms with Crippen molar-refractivity contribution in [3.8, 4) is 22.6 Å². The number of ether oxygens (including phenoxy) is 2. The van der Waals surface area contributed by atoms with E-state index in [9.17, 15) is 24.6 Å². The summed E-state index contributed by atoms with van der Waals surface area (Å²) >= 11 is 0. The van der Waals surface area contributed by atoms with Gasteiger partial charge in [-0.05, 0) is 103 Å². The summed E-state index contributed by atoms with van der Waals surface area (Å²) in [5.41, 5.74) is 5.07. The summed E-state index contributed by atoms with van der Waals surface area (Å²) in [7, 11) is 0. The van der Waals surface area contributed by atoms with Gasteiger partial charge in [-0.15, -0.1) is 0 Å². The molecule has 7 nitrogen and oxygen atoms in total. The molecule has 0 unspecified atom stereocenters. The van der Waals surface area contributed by atoms with Crippen molar-refractivity contribution in [3.05, 3.63) is 131 Å². The zero-order chi connectivity index (χ0) is 32.5. The summed E-state index contributed by atoms with van der Waals surface area (Å²) in [6.45, 7) is 4.82. The van der Waals surface area contributed by atoms with Gasteiger partial charge < -0.3 is 19.7 Å². The topological polar surface area (TPSA) is 110 Å². The van der Waals surface area contributed by atoms with Crippen LogP contribution in [0.4, 0.5) is 0 Å². The molecule has 0 spiro atoms. The number of carbonyl (C=O) groups is 3. The van der Waals surface area contributed by atoms with Crippen molar-refractivity contribution in [2.75, 3.05) is 6.61 Å². The Morgan fingerprint density at radius 1 is 0.717 bits per heavy atom. The predicted molar refractivity (Wildman–Crippen MR) is 176 cm³/mol. The first-order valence-corrected chi connectivity index (χ1v) is 15.6. The number of aryl methyl sites for hydroxylation is 1. The molecule has 0 radical (unpaired) electrons. The minimum absolute atomic E-state index is 0.00964. The number of hydrogen-bond acceptors (Lipinski definition) is 5. The summed E-state index contributed by atoms with van der Waals surface area (Å²) in [6, 6.07) is 30.8. The number of carboxylic acids is 2. The number of Topliss-reactive ketones (excluding diaryl/α,β-unsaturated/α-hetero) is 1. The zero-order valence-electron chi connectivity index (χ0n) is 25.7. The number of allylic oxidation sites excluding steroid dienone is 1. The van der Waals surface area contributed by atoms with Gasteiger partial charge in [-0.2, -0.15) is 0 Å². The molecule has 1 fully saturated rings. The number of aromatic carboxylic acids is 1. The van der Waals surface area contributed by atoms with Crippen molar-refractivity contribution in [1.82, 2.24) is 0 Å². The van der Waals surface area contributed by atoms with E-state index in [4.69, 9.17) is 9.47 Å². The summed E-state index contributed by atoms with van der Waals surface area (Å²) in [4.78, 5) is 36.4.